The minimum Gasteiger partial charge on any atom is -1.00 e. The molecule has 7 nitrogen and oxygen atoms in total. The smallest absolute Gasteiger partial charge is 0.275 e. The molecule has 0 bridgehead atoms. The lowest BCUT2D eigenvalue weighted by Crippen LogP contribution is -3.00. The first-order valence-corrected chi connectivity index (χ1v) is 11.7. The van der Waals surface area contributed by atoms with Gasteiger partial charge in [0.05, 0.1) is 53.5 Å². The van der Waals surface area contributed by atoms with Gasteiger partial charge in [0.25, 0.3) is 5.91 Å². The van der Waals surface area contributed by atoms with Gasteiger partial charge in [-0.2, -0.15) is 0 Å². The average molecular weight is 686 g/mol. The SMILES string of the molecule is C[N+]1(CCNC(=O)[C@H](Cc2ccccc2)NC(=O)C[N+]2(C)CCCCC2)CCOCC1.[I-].[I-]. The minimum absolute atomic E-state index is 0. The van der Waals surface area contributed by atoms with Gasteiger partial charge in [0, 0.05) is 6.42 Å². The van der Waals surface area contributed by atoms with Crippen molar-refractivity contribution in [2.24, 2.45) is 0 Å². The van der Waals surface area contributed by atoms with Crippen LogP contribution in [0.3, 0.4) is 0 Å². The highest BCUT2D eigenvalue weighted by Gasteiger charge is 2.30. The van der Waals surface area contributed by atoms with Crippen LogP contribution >= 0.6 is 0 Å². The molecule has 2 N–H and O–H groups in total. The fourth-order valence-electron chi connectivity index (χ4n) is 4.66. The van der Waals surface area contributed by atoms with Crippen molar-refractivity contribution < 1.29 is 71.2 Å². The van der Waals surface area contributed by atoms with Crippen molar-refractivity contribution in [2.75, 3.05) is 73.1 Å². The van der Waals surface area contributed by atoms with Crippen molar-refractivity contribution in [3.8, 4) is 0 Å². The molecule has 0 saturated carbocycles. The van der Waals surface area contributed by atoms with Crippen molar-refractivity contribution in [3.63, 3.8) is 0 Å². The predicted octanol–water partition coefficient (Wildman–Crippen LogP) is -5.05. The van der Waals surface area contributed by atoms with E-state index >= 15 is 0 Å². The number of carbonyl (C=O) groups excluding carboxylic acids is 2. The second kappa shape index (κ2) is 14.8. The maximum Gasteiger partial charge on any atom is 0.275 e. The Kier molecular flexibility index (Phi) is 13.7. The zero-order chi connectivity index (χ0) is 22.2. The van der Waals surface area contributed by atoms with Gasteiger partial charge in [0.1, 0.15) is 19.1 Å². The zero-order valence-electron chi connectivity index (χ0n) is 20.0. The monoisotopic (exact) mass is 686 g/mol. The van der Waals surface area contributed by atoms with Gasteiger partial charge < -0.3 is 72.3 Å². The molecule has 2 aliphatic heterocycles. The first-order valence-electron chi connectivity index (χ1n) is 11.7. The molecule has 0 aromatic heterocycles. The molecular formula is C24H40I2N4O3. The summed E-state index contributed by atoms with van der Waals surface area (Å²) in [6, 6.07) is 9.35. The fourth-order valence-corrected chi connectivity index (χ4v) is 4.66. The molecule has 0 aliphatic carbocycles. The van der Waals surface area contributed by atoms with E-state index in [2.05, 4.69) is 24.7 Å². The Hall–Kier alpha value is -0.500. The molecule has 1 atom stereocenters. The summed E-state index contributed by atoms with van der Waals surface area (Å²) in [7, 11) is 4.36. The van der Waals surface area contributed by atoms with Gasteiger partial charge in [-0.15, -0.1) is 0 Å². The number of benzene rings is 1. The number of hydrogen-bond acceptors (Lipinski definition) is 3. The van der Waals surface area contributed by atoms with Gasteiger partial charge in [0.2, 0.25) is 5.91 Å². The molecule has 0 unspecified atom stereocenters. The summed E-state index contributed by atoms with van der Waals surface area (Å²) >= 11 is 0. The van der Waals surface area contributed by atoms with Crippen molar-refractivity contribution in [1.29, 1.82) is 0 Å². The van der Waals surface area contributed by atoms with E-state index in [1.54, 1.807) is 0 Å². The summed E-state index contributed by atoms with van der Waals surface area (Å²) in [4.78, 5) is 25.9. The van der Waals surface area contributed by atoms with Gasteiger partial charge in [-0.25, -0.2) is 0 Å². The molecule has 33 heavy (non-hydrogen) atoms. The molecule has 2 amide bonds. The van der Waals surface area contributed by atoms with E-state index < -0.39 is 6.04 Å². The number of rotatable bonds is 9. The summed E-state index contributed by atoms with van der Waals surface area (Å²) < 4.78 is 7.14. The fraction of sp³-hybridized carbons (Fsp3) is 0.667. The van der Waals surface area contributed by atoms with Crippen molar-refractivity contribution in [3.05, 3.63) is 35.9 Å². The number of amides is 2. The van der Waals surface area contributed by atoms with Crippen LogP contribution in [0, 0.1) is 0 Å². The highest BCUT2D eigenvalue weighted by molar-refractivity contribution is 5.88. The van der Waals surface area contributed by atoms with Gasteiger partial charge in [-0.05, 0) is 24.8 Å². The van der Waals surface area contributed by atoms with Crippen LogP contribution in [0.4, 0.5) is 0 Å². The minimum atomic E-state index is -0.554. The normalized spacial score (nSPS) is 19.8. The molecule has 9 heteroatoms. The number of nitrogens with one attached hydrogen (secondary N) is 2. The van der Waals surface area contributed by atoms with Gasteiger partial charge in [-0.1, -0.05) is 30.3 Å². The van der Waals surface area contributed by atoms with Gasteiger partial charge in [0.15, 0.2) is 6.54 Å². The van der Waals surface area contributed by atoms with E-state index in [0.29, 0.717) is 19.5 Å². The van der Waals surface area contributed by atoms with Gasteiger partial charge in [-0.3, -0.25) is 9.59 Å². The Labute approximate surface area is 233 Å². The zero-order valence-corrected chi connectivity index (χ0v) is 24.3. The highest BCUT2D eigenvalue weighted by Crippen LogP contribution is 2.15. The Morgan fingerprint density at radius 1 is 0.939 bits per heavy atom. The number of nitrogens with zero attached hydrogens (tertiary/aromatic N) is 2. The maximum absolute atomic E-state index is 13.0. The van der Waals surface area contributed by atoms with E-state index in [9.17, 15) is 9.59 Å². The van der Waals surface area contributed by atoms with Crippen molar-refractivity contribution in [1.82, 2.24) is 10.6 Å². The second-order valence-corrected chi connectivity index (χ2v) is 9.79. The number of halogens is 2. The largest absolute Gasteiger partial charge is 1.00 e. The van der Waals surface area contributed by atoms with Crippen LogP contribution < -0.4 is 58.6 Å². The van der Waals surface area contributed by atoms with E-state index in [0.717, 1.165) is 60.5 Å². The Balaban J connectivity index is 0.00000272. The highest BCUT2D eigenvalue weighted by atomic mass is 127. The molecule has 2 saturated heterocycles. The Bertz CT molecular complexity index is 724. The summed E-state index contributed by atoms with van der Waals surface area (Å²) in [6.45, 7) is 7.45. The topological polar surface area (TPSA) is 67.4 Å². The van der Waals surface area contributed by atoms with Crippen LogP contribution in [-0.2, 0) is 20.7 Å². The number of ether oxygens (including phenoxy) is 1. The molecule has 2 heterocycles. The summed E-state index contributed by atoms with van der Waals surface area (Å²) in [5, 5.41) is 6.12. The molecular weight excluding hydrogens is 646 g/mol. The number of quaternary nitrogens is 2. The standard InChI is InChI=1S/C24H38N4O3.2HI/c1-27(15-17-31-18-16-27)14-11-25-24(30)22(19-21-9-5-3-6-10-21)26-23(29)20-28(2)12-7-4-8-13-28;;/h3,5-6,9-10,22H,4,7-8,11-20H2,1-2H3;2*1H/t22-;;/m0../s1. The first-order chi connectivity index (χ1) is 14.9. The van der Waals surface area contributed by atoms with E-state index in [1.807, 2.05) is 30.3 Å². The molecule has 3 rings (SSSR count). The van der Waals surface area contributed by atoms with Crippen LogP contribution in [0.2, 0.25) is 0 Å². The molecule has 0 spiro atoms. The average Bonchev–Trinajstić information content (AvgIpc) is 2.74. The predicted molar refractivity (Wildman–Crippen MR) is 121 cm³/mol. The van der Waals surface area contributed by atoms with Crippen LogP contribution in [0.15, 0.2) is 30.3 Å². The molecule has 0 radical (unpaired) electrons. The molecule has 2 aliphatic rings. The summed E-state index contributed by atoms with van der Waals surface area (Å²) in [6.07, 6.45) is 4.08. The number of likely N-dealkylation sites (N-methyl/N-ethyl adjacent to an activating group) is 2. The maximum atomic E-state index is 13.0. The lowest BCUT2D eigenvalue weighted by molar-refractivity contribution is -0.915. The van der Waals surface area contributed by atoms with Crippen LogP contribution in [0.25, 0.3) is 0 Å². The third-order valence-corrected chi connectivity index (χ3v) is 6.86. The number of hydrogen-bond donors (Lipinski definition) is 2. The van der Waals surface area contributed by atoms with Gasteiger partial charge >= 0.3 is 0 Å². The van der Waals surface area contributed by atoms with E-state index in [-0.39, 0.29) is 59.8 Å². The number of morpholine rings is 1. The molecule has 1 aromatic carbocycles. The quantitative estimate of drug-likeness (QED) is 0.202. The molecule has 1 aromatic rings. The van der Waals surface area contributed by atoms with Crippen LogP contribution in [0.1, 0.15) is 24.8 Å². The number of piperidine rings is 1. The third-order valence-electron chi connectivity index (χ3n) is 6.86. The number of carbonyl (C=O) groups is 2. The summed E-state index contributed by atoms with van der Waals surface area (Å²) in [5.74, 6) is -0.133. The van der Waals surface area contributed by atoms with Crippen molar-refractivity contribution >= 4 is 11.8 Å². The third kappa shape index (κ3) is 10.3. The summed E-state index contributed by atoms with van der Waals surface area (Å²) in [5.41, 5.74) is 1.05. The number of likely N-dealkylation sites (tertiary alicyclic amines) is 1. The second-order valence-electron chi connectivity index (χ2n) is 9.79. The lowest BCUT2D eigenvalue weighted by Gasteiger charge is -2.38. The van der Waals surface area contributed by atoms with E-state index in [1.165, 1.54) is 19.3 Å². The van der Waals surface area contributed by atoms with E-state index in [4.69, 9.17) is 4.74 Å². The molecule has 2 fully saturated rings. The Morgan fingerprint density at radius 3 is 2.21 bits per heavy atom. The Morgan fingerprint density at radius 2 is 1.58 bits per heavy atom. The lowest BCUT2D eigenvalue weighted by atomic mass is 10.0. The molecule has 188 valence electrons. The van der Waals surface area contributed by atoms with Crippen molar-refractivity contribution in [2.45, 2.75) is 31.7 Å². The first kappa shape index (κ1) is 30.5. The van der Waals surface area contributed by atoms with Crippen LogP contribution in [0.5, 0.6) is 0 Å². The van der Waals surface area contributed by atoms with Crippen LogP contribution in [-0.4, -0.2) is 99.9 Å².